The number of aliphatic hydroxyl groups excluding tert-OH is 2. The van der Waals surface area contributed by atoms with Crippen LogP contribution in [0.5, 0.6) is 0 Å². The van der Waals surface area contributed by atoms with Crippen LogP contribution >= 0.6 is 0 Å². The number of hydrogen-bond donors (Lipinski definition) is 2. The van der Waals surface area contributed by atoms with Crippen molar-refractivity contribution in [1.82, 2.24) is 0 Å². The van der Waals surface area contributed by atoms with E-state index in [1.54, 1.807) is 0 Å². The predicted molar refractivity (Wildman–Crippen MR) is 99.5 cm³/mol. The van der Waals surface area contributed by atoms with E-state index in [-0.39, 0.29) is 6.61 Å². The van der Waals surface area contributed by atoms with Crippen molar-refractivity contribution in [3.8, 4) is 11.8 Å². The molecule has 0 saturated carbocycles. The zero-order chi connectivity index (χ0) is 17.5. The molecule has 2 N–H and O–H groups in total. The summed E-state index contributed by atoms with van der Waals surface area (Å²) in [6, 6.07) is 3.68. The van der Waals surface area contributed by atoms with Crippen LogP contribution in [-0.2, 0) is 0 Å². The zero-order valence-electron chi connectivity index (χ0n) is 14.7. The molecule has 0 bridgehead atoms. The van der Waals surface area contributed by atoms with Gasteiger partial charge in [-0.3, -0.25) is 0 Å². The van der Waals surface area contributed by atoms with Crippen molar-refractivity contribution in [2.24, 2.45) is 0 Å². The average molecular weight is 330 g/mol. The van der Waals surface area contributed by atoms with Crippen molar-refractivity contribution in [3.05, 3.63) is 41.9 Å². The minimum atomic E-state index is -0.657. The van der Waals surface area contributed by atoms with E-state index in [0.29, 0.717) is 12.2 Å². The van der Waals surface area contributed by atoms with E-state index in [2.05, 4.69) is 24.8 Å². The largest absolute Gasteiger partial charge is 0.448 e. The summed E-state index contributed by atoms with van der Waals surface area (Å²) in [5, 5.41) is 18.6. The van der Waals surface area contributed by atoms with Gasteiger partial charge in [0.05, 0.1) is 0 Å². The third-order valence-corrected chi connectivity index (χ3v) is 3.55. The van der Waals surface area contributed by atoms with Crippen LogP contribution in [0.2, 0.25) is 0 Å². The molecule has 0 aromatic carbocycles. The lowest BCUT2D eigenvalue weighted by atomic mass is 10.1. The molecule has 1 atom stereocenters. The van der Waals surface area contributed by atoms with Gasteiger partial charge in [-0.05, 0) is 56.2 Å². The molecule has 0 amide bonds. The fourth-order valence-electron chi connectivity index (χ4n) is 2.15. The maximum absolute atomic E-state index is 9.84. The number of hydrogen-bond acceptors (Lipinski definition) is 3. The first kappa shape index (κ1) is 20.3. The average Bonchev–Trinajstić information content (AvgIpc) is 3.04. The number of unbranched alkanes of at least 4 members (excludes halogenated alkanes) is 5. The molecule has 24 heavy (non-hydrogen) atoms. The van der Waals surface area contributed by atoms with Gasteiger partial charge in [-0.25, -0.2) is 0 Å². The molecule has 0 aliphatic carbocycles. The number of aliphatic hydroxyl groups is 2. The molecule has 1 rings (SSSR count). The molecule has 1 heterocycles. The van der Waals surface area contributed by atoms with E-state index < -0.39 is 6.10 Å². The monoisotopic (exact) mass is 330 g/mol. The summed E-state index contributed by atoms with van der Waals surface area (Å²) in [6.07, 6.45) is 15.4. The van der Waals surface area contributed by atoms with Crippen molar-refractivity contribution >= 4 is 6.08 Å². The Kier molecular flexibility index (Phi) is 11.5. The third kappa shape index (κ3) is 10.1. The van der Waals surface area contributed by atoms with Crippen LogP contribution in [-0.4, -0.2) is 22.9 Å². The van der Waals surface area contributed by atoms with Gasteiger partial charge in [0.1, 0.15) is 11.9 Å². The number of furan rings is 1. The molecular formula is C21H30O3. The third-order valence-electron chi connectivity index (χ3n) is 3.55. The van der Waals surface area contributed by atoms with Gasteiger partial charge >= 0.3 is 0 Å². The van der Waals surface area contributed by atoms with Crippen molar-refractivity contribution in [2.45, 2.75) is 64.4 Å². The molecular weight excluding hydrogens is 300 g/mol. The molecule has 0 spiro atoms. The van der Waals surface area contributed by atoms with Crippen LogP contribution in [0.15, 0.2) is 34.8 Å². The Labute approximate surface area is 146 Å². The standard InChI is InChI=1S/C21H30O3/c1-2-3-4-5-6-9-12-19(23)14-15-21-17-16-20(24-21)13-10-7-8-11-18-22/h6,9-10,13,16-17,19,22-23H,2-5,7-8,11-12,18H2,1H3/b9-6+,13-10+. The smallest absolute Gasteiger partial charge is 0.177 e. The second-order valence-electron chi connectivity index (χ2n) is 5.81. The summed E-state index contributed by atoms with van der Waals surface area (Å²) in [5.41, 5.74) is 0. The second kappa shape index (κ2) is 13.7. The Morgan fingerprint density at radius 1 is 1.08 bits per heavy atom. The minimum absolute atomic E-state index is 0.241. The molecule has 3 nitrogen and oxygen atoms in total. The predicted octanol–water partition coefficient (Wildman–Crippen LogP) is 4.69. The van der Waals surface area contributed by atoms with Gasteiger partial charge in [0.25, 0.3) is 0 Å². The maximum atomic E-state index is 9.84. The Bertz CT molecular complexity index is 543. The van der Waals surface area contributed by atoms with Crippen molar-refractivity contribution < 1.29 is 14.6 Å². The molecule has 3 heteroatoms. The minimum Gasteiger partial charge on any atom is -0.448 e. The van der Waals surface area contributed by atoms with Crippen LogP contribution < -0.4 is 0 Å². The van der Waals surface area contributed by atoms with E-state index in [4.69, 9.17) is 9.52 Å². The van der Waals surface area contributed by atoms with Gasteiger partial charge in [-0.15, -0.1) is 0 Å². The van der Waals surface area contributed by atoms with E-state index in [9.17, 15) is 5.11 Å². The quantitative estimate of drug-likeness (QED) is 0.351. The fraction of sp³-hybridized carbons (Fsp3) is 0.524. The first-order chi connectivity index (χ1) is 11.8. The highest BCUT2D eigenvalue weighted by atomic mass is 16.3. The molecule has 0 saturated heterocycles. The highest BCUT2D eigenvalue weighted by molar-refractivity contribution is 5.44. The van der Waals surface area contributed by atoms with Gasteiger partial charge in [0, 0.05) is 13.0 Å². The van der Waals surface area contributed by atoms with E-state index in [0.717, 1.165) is 31.4 Å². The van der Waals surface area contributed by atoms with Crippen molar-refractivity contribution in [3.63, 3.8) is 0 Å². The zero-order valence-corrected chi connectivity index (χ0v) is 14.7. The van der Waals surface area contributed by atoms with Crippen LogP contribution in [0.1, 0.15) is 69.8 Å². The summed E-state index contributed by atoms with van der Waals surface area (Å²) >= 11 is 0. The first-order valence-corrected chi connectivity index (χ1v) is 8.98. The summed E-state index contributed by atoms with van der Waals surface area (Å²) in [5.74, 6) is 7.00. The summed E-state index contributed by atoms with van der Waals surface area (Å²) in [6.45, 7) is 2.43. The highest BCUT2D eigenvalue weighted by Crippen LogP contribution is 2.10. The van der Waals surface area contributed by atoms with Crippen LogP contribution in [0.4, 0.5) is 0 Å². The lowest BCUT2D eigenvalue weighted by Gasteiger charge is -1.97. The fourth-order valence-corrected chi connectivity index (χ4v) is 2.15. The molecule has 1 aromatic rings. The SMILES string of the molecule is CCCCC/C=C/CC(O)C#Cc1ccc(/C=C/CCCCO)o1. The molecule has 1 unspecified atom stereocenters. The Morgan fingerprint density at radius 2 is 1.88 bits per heavy atom. The van der Waals surface area contributed by atoms with Gasteiger partial charge in [0.15, 0.2) is 5.76 Å². The van der Waals surface area contributed by atoms with Crippen LogP contribution in [0.25, 0.3) is 6.08 Å². The highest BCUT2D eigenvalue weighted by Gasteiger charge is 1.98. The Balaban J connectivity index is 2.32. The summed E-state index contributed by atoms with van der Waals surface area (Å²) in [4.78, 5) is 0. The van der Waals surface area contributed by atoms with E-state index in [1.807, 2.05) is 30.4 Å². The summed E-state index contributed by atoms with van der Waals surface area (Å²) in [7, 11) is 0. The van der Waals surface area contributed by atoms with Gasteiger partial charge in [-0.2, -0.15) is 0 Å². The normalized spacial score (nSPS) is 12.6. The number of allylic oxidation sites excluding steroid dienone is 2. The molecule has 0 fully saturated rings. The van der Waals surface area contributed by atoms with Gasteiger partial charge in [-0.1, -0.05) is 43.9 Å². The van der Waals surface area contributed by atoms with E-state index >= 15 is 0 Å². The lowest BCUT2D eigenvalue weighted by Crippen LogP contribution is -1.99. The van der Waals surface area contributed by atoms with Crippen LogP contribution in [0.3, 0.4) is 0 Å². The van der Waals surface area contributed by atoms with Crippen LogP contribution in [0, 0.1) is 11.8 Å². The molecule has 0 radical (unpaired) electrons. The summed E-state index contributed by atoms with van der Waals surface area (Å²) < 4.78 is 5.57. The molecule has 0 aliphatic heterocycles. The first-order valence-electron chi connectivity index (χ1n) is 8.98. The second-order valence-corrected chi connectivity index (χ2v) is 5.81. The Morgan fingerprint density at radius 3 is 2.67 bits per heavy atom. The Hall–Kier alpha value is -1.76. The number of rotatable bonds is 11. The molecule has 0 aliphatic rings. The van der Waals surface area contributed by atoms with Crippen molar-refractivity contribution in [1.29, 1.82) is 0 Å². The van der Waals surface area contributed by atoms with E-state index in [1.165, 1.54) is 19.3 Å². The van der Waals surface area contributed by atoms with Crippen molar-refractivity contribution in [2.75, 3.05) is 6.61 Å². The van der Waals surface area contributed by atoms with Gasteiger partial charge in [0.2, 0.25) is 0 Å². The lowest BCUT2D eigenvalue weighted by molar-refractivity contribution is 0.236. The van der Waals surface area contributed by atoms with Gasteiger partial charge < -0.3 is 14.6 Å². The topological polar surface area (TPSA) is 53.6 Å². The molecule has 132 valence electrons. The molecule has 1 aromatic heterocycles. The maximum Gasteiger partial charge on any atom is 0.177 e.